The number of hydrazone groups is 1. The molecule has 0 aliphatic carbocycles. The Balaban J connectivity index is 2.44. The molecular formula is C11H15FN4O. The molecule has 1 aromatic rings. The van der Waals surface area contributed by atoms with Gasteiger partial charge in [-0.05, 0) is 24.6 Å². The van der Waals surface area contributed by atoms with E-state index in [1.54, 1.807) is 24.9 Å². The highest BCUT2D eigenvalue weighted by Gasteiger charge is 2.29. The second-order valence-electron chi connectivity index (χ2n) is 3.93. The Labute approximate surface area is 98.9 Å². The van der Waals surface area contributed by atoms with Gasteiger partial charge in [0.25, 0.3) is 0 Å². The molecule has 1 aromatic carbocycles. The van der Waals surface area contributed by atoms with Crippen LogP contribution in [0.2, 0.25) is 0 Å². The summed E-state index contributed by atoms with van der Waals surface area (Å²) in [4.78, 5) is 1.59. The minimum Gasteiger partial charge on any atom is -0.355 e. The third-order valence-corrected chi connectivity index (χ3v) is 2.84. The Kier molecular flexibility index (Phi) is 2.99. The zero-order valence-corrected chi connectivity index (χ0v) is 9.76. The van der Waals surface area contributed by atoms with Crippen molar-refractivity contribution in [3.05, 3.63) is 29.6 Å². The predicted molar refractivity (Wildman–Crippen MR) is 63.6 cm³/mol. The van der Waals surface area contributed by atoms with E-state index < -0.39 is 6.35 Å². The van der Waals surface area contributed by atoms with Gasteiger partial charge in [-0.1, -0.05) is 6.07 Å². The fourth-order valence-corrected chi connectivity index (χ4v) is 1.71. The molecule has 0 fully saturated rings. The Morgan fingerprint density at radius 3 is 2.76 bits per heavy atom. The van der Waals surface area contributed by atoms with Gasteiger partial charge in [-0.15, -0.1) is 0 Å². The normalized spacial score (nSPS) is 19.8. The monoisotopic (exact) mass is 238 g/mol. The number of anilines is 1. The molecule has 0 aromatic heterocycles. The van der Waals surface area contributed by atoms with E-state index in [-0.39, 0.29) is 12.4 Å². The van der Waals surface area contributed by atoms with Gasteiger partial charge in [0.05, 0.1) is 5.69 Å². The molecule has 5 nitrogen and oxygen atoms in total. The number of aliphatic hydroxyl groups is 1. The lowest BCUT2D eigenvalue weighted by Gasteiger charge is -2.25. The van der Waals surface area contributed by atoms with Gasteiger partial charge in [0.2, 0.25) is 6.35 Å². The molecule has 6 heteroatoms. The third kappa shape index (κ3) is 1.96. The number of aliphatic hydroxyl groups excluding tert-OH is 1. The van der Waals surface area contributed by atoms with Crippen LogP contribution >= 0.6 is 0 Å². The van der Waals surface area contributed by atoms with Crippen molar-refractivity contribution in [3.63, 3.8) is 0 Å². The highest BCUT2D eigenvalue weighted by atomic mass is 19.1. The molecule has 0 amide bonds. The van der Waals surface area contributed by atoms with E-state index in [0.29, 0.717) is 11.5 Å². The number of nitrogens with two attached hydrogens (primary N) is 1. The molecule has 0 saturated carbocycles. The summed E-state index contributed by atoms with van der Waals surface area (Å²) in [5.41, 5.74) is 6.81. The number of amidine groups is 1. The number of halogens is 1. The highest BCUT2D eigenvalue weighted by molar-refractivity contribution is 5.83. The van der Waals surface area contributed by atoms with Gasteiger partial charge >= 0.3 is 0 Å². The zero-order chi connectivity index (χ0) is 12.6. The van der Waals surface area contributed by atoms with E-state index in [4.69, 9.17) is 5.73 Å². The maximum atomic E-state index is 13.2. The first kappa shape index (κ1) is 11.8. The molecule has 1 aliphatic rings. The smallest absolute Gasteiger partial charge is 0.228 e. The molecule has 1 atom stereocenters. The van der Waals surface area contributed by atoms with Crippen LogP contribution in [0.1, 0.15) is 12.5 Å². The van der Waals surface area contributed by atoms with Crippen LogP contribution in [0.5, 0.6) is 0 Å². The maximum Gasteiger partial charge on any atom is 0.228 e. The molecule has 92 valence electrons. The molecule has 3 N–H and O–H groups in total. The molecule has 0 bridgehead atoms. The van der Waals surface area contributed by atoms with Gasteiger partial charge in [-0.3, -0.25) is 0 Å². The van der Waals surface area contributed by atoms with Crippen molar-refractivity contribution in [3.8, 4) is 0 Å². The second kappa shape index (κ2) is 4.31. The van der Waals surface area contributed by atoms with E-state index in [9.17, 15) is 9.50 Å². The minimum absolute atomic E-state index is 0.261. The molecule has 17 heavy (non-hydrogen) atoms. The average molecular weight is 238 g/mol. The van der Waals surface area contributed by atoms with Crippen LogP contribution in [-0.2, 0) is 6.54 Å². The summed E-state index contributed by atoms with van der Waals surface area (Å²) < 4.78 is 13.2. The van der Waals surface area contributed by atoms with Crippen LogP contribution in [-0.4, -0.2) is 29.2 Å². The number of nitrogens with zero attached hydrogens (tertiary/aromatic N) is 3. The molecular weight excluding hydrogens is 223 g/mol. The largest absolute Gasteiger partial charge is 0.355 e. The van der Waals surface area contributed by atoms with E-state index in [0.717, 1.165) is 5.56 Å². The van der Waals surface area contributed by atoms with E-state index in [2.05, 4.69) is 5.10 Å². The lowest BCUT2D eigenvalue weighted by molar-refractivity contribution is 0.0805. The minimum atomic E-state index is -0.929. The zero-order valence-electron chi connectivity index (χ0n) is 9.76. The first-order chi connectivity index (χ1) is 8.04. The first-order valence-corrected chi connectivity index (χ1v) is 5.28. The molecule has 0 spiro atoms. The van der Waals surface area contributed by atoms with Gasteiger partial charge in [-0.25, -0.2) is 9.40 Å². The van der Waals surface area contributed by atoms with Crippen molar-refractivity contribution in [1.82, 2.24) is 4.90 Å². The lowest BCUT2D eigenvalue weighted by Crippen LogP contribution is -2.39. The molecule has 1 aliphatic heterocycles. The lowest BCUT2D eigenvalue weighted by atomic mass is 10.1. The number of hydrogen-bond donors (Lipinski definition) is 2. The summed E-state index contributed by atoms with van der Waals surface area (Å²) in [5.74, 6) is 0.275. The van der Waals surface area contributed by atoms with Gasteiger partial charge in [-0.2, -0.15) is 5.10 Å². The van der Waals surface area contributed by atoms with E-state index in [1.165, 1.54) is 17.1 Å². The van der Waals surface area contributed by atoms with Crippen molar-refractivity contribution in [2.75, 3.05) is 12.1 Å². The quantitative estimate of drug-likeness (QED) is 0.793. The van der Waals surface area contributed by atoms with E-state index >= 15 is 0 Å². The average Bonchev–Trinajstić information content (AvgIpc) is 2.57. The molecule has 0 saturated heterocycles. The summed E-state index contributed by atoms with van der Waals surface area (Å²) in [6.07, 6.45) is -0.929. The third-order valence-electron chi connectivity index (χ3n) is 2.84. The first-order valence-electron chi connectivity index (χ1n) is 5.28. The van der Waals surface area contributed by atoms with Crippen LogP contribution in [0.4, 0.5) is 10.1 Å². The van der Waals surface area contributed by atoms with Crippen molar-refractivity contribution in [2.45, 2.75) is 19.8 Å². The van der Waals surface area contributed by atoms with E-state index in [1.807, 2.05) is 0 Å². The van der Waals surface area contributed by atoms with Crippen molar-refractivity contribution in [2.24, 2.45) is 10.8 Å². The number of benzene rings is 1. The predicted octanol–water partition coefficient (Wildman–Crippen LogP) is 0.646. The molecule has 1 unspecified atom stereocenters. The SMILES string of the molecule is CC1=NN(c2cc(F)ccc2CN)C(O)N1C. The Bertz CT molecular complexity index is 463. The van der Waals surface area contributed by atoms with Crippen LogP contribution in [0, 0.1) is 5.82 Å². The van der Waals surface area contributed by atoms with Crippen molar-refractivity contribution < 1.29 is 9.50 Å². The molecule has 0 radical (unpaired) electrons. The molecule has 2 rings (SSSR count). The van der Waals surface area contributed by atoms with Crippen molar-refractivity contribution >= 4 is 11.5 Å². The Morgan fingerprint density at radius 2 is 2.24 bits per heavy atom. The summed E-state index contributed by atoms with van der Waals surface area (Å²) in [7, 11) is 1.71. The summed E-state index contributed by atoms with van der Waals surface area (Å²) in [6.45, 7) is 2.03. The number of hydrogen-bond acceptors (Lipinski definition) is 5. The van der Waals surface area contributed by atoms with Gasteiger partial charge in [0.15, 0.2) is 0 Å². The summed E-state index contributed by atoms with van der Waals surface area (Å²) in [6, 6.07) is 4.26. The Morgan fingerprint density at radius 1 is 1.53 bits per heavy atom. The van der Waals surface area contributed by atoms with Crippen LogP contribution in [0.3, 0.4) is 0 Å². The Hall–Kier alpha value is -1.66. The summed E-state index contributed by atoms with van der Waals surface area (Å²) in [5, 5.41) is 15.5. The summed E-state index contributed by atoms with van der Waals surface area (Å²) >= 11 is 0. The maximum absolute atomic E-state index is 13.2. The van der Waals surface area contributed by atoms with Crippen LogP contribution in [0.25, 0.3) is 0 Å². The van der Waals surface area contributed by atoms with Crippen molar-refractivity contribution in [1.29, 1.82) is 0 Å². The van der Waals surface area contributed by atoms with Crippen LogP contribution in [0.15, 0.2) is 23.3 Å². The molecule has 1 heterocycles. The fraction of sp³-hybridized carbons (Fsp3) is 0.364. The second-order valence-corrected chi connectivity index (χ2v) is 3.93. The topological polar surface area (TPSA) is 65.1 Å². The highest BCUT2D eigenvalue weighted by Crippen LogP contribution is 2.27. The van der Waals surface area contributed by atoms with Gasteiger partial charge in [0, 0.05) is 13.6 Å². The number of rotatable bonds is 2. The van der Waals surface area contributed by atoms with Gasteiger partial charge in [0.1, 0.15) is 11.7 Å². The van der Waals surface area contributed by atoms with Crippen LogP contribution < -0.4 is 10.7 Å². The van der Waals surface area contributed by atoms with Gasteiger partial charge < -0.3 is 15.7 Å². The fourth-order valence-electron chi connectivity index (χ4n) is 1.71. The standard InChI is InChI=1S/C11H15FN4O/c1-7-14-16(11(17)15(7)2)10-5-9(12)4-3-8(10)6-13/h3-5,11,17H,6,13H2,1-2H3.